The number of amides is 2. The van der Waals surface area contributed by atoms with Crippen LogP contribution in [0.5, 0.6) is 0 Å². The van der Waals surface area contributed by atoms with E-state index in [1.165, 1.54) is 0 Å². The highest BCUT2D eigenvalue weighted by Crippen LogP contribution is 2.48. The van der Waals surface area contributed by atoms with Crippen LogP contribution in [0, 0.1) is 23.7 Å². The fraction of sp³-hybridized carbons (Fsp3) is 0.583. The van der Waals surface area contributed by atoms with Crippen LogP contribution in [0.3, 0.4) is 0 Å². The molecule has 0 aromatic heterocycles. The van der Waals surface area contributed by atoms with Gasteiger partial charge in [0.05, 0.1) is 18.4 Å². The molecule has 2 amide bonds. The van der Waals surface area contributed by atoms with Gasteiger partial charge in [-0.3, -0.25) is 9.59 Å². The van der Waals surface area contributed by atoms with Gasteiger partial charge in [-0.1, -0.05) is 12.2 Å². The van der Waals surface area contributed by atoms with Crippen LogP contribution in [0.1, 0.15) is 6.42 Å². The van der Waals surface area contributed by atoms with Crippen molar-refractivity contribution in [2.75, 3.05) is 13.2 Å². The maximum Gasteiger partial charge on any atom is 0.404 e. The first kappa shape index (κ1) is 13.4. The van der Waals surface area contributed by atoms with Gasteiger partial charge in [-0.05, 0) is 18.3 Å². The Kier molecular flexibility index (Phi) is 3.73. The number of allylic oxidation sites excluding steroid dienone is 2. The number of nitrogens with two attached hydrogens (primary N) is 1. The topological polar surface area (TPSA) is 119 Å². The normalized spacial score (nSPS) is 31.2. The Hall–Kier alpha value is -2.05. The van der Waals surface area contributed by atoms with Gasteiger partial charge in [0.15, 0.2) is 0 Å². The van der Waals surface area contributed by atoms with Gasteiger partial charge in [0.1, 0.15) is 6.61 Å². The molecule has 2 rings (SSSR count). The summed E-state index contributed by atoms with van der Waals surface area (Å²) >= 11 is 0. The molecule has 0 heterocycles. The molecule has 0 radical (unpaired) electrons. The summed E-state index contributed by atoms with van der Waals surface area (Å²) in [6.07, 6.45) is 3.60. The third-order valence-electron chi connectivity index (χ3n) is 3.69. The number of primary amides is 1. The average molecular weight is 268 g/mol. The van der Waals surface area contributed by atoms with Gasteiger partial charge in [0.25, 0.3) is 0 Å². The maximum atomic E-state index is 12.0. The summed E-state index contributed by atoms with van der Waals surface area (Å²) in [4.78, 5) is 33.6. The lowest BCUT2D eigenvalue weighted by Crippen LogP contribution is -2.41. The number of carbonyl (C=O) groups excluding carboxylic acids is 2. The molecule has 4 N–H and O–H groups in total. The first-order valence-electron chi connectivity index (χ1n) is 6.11. The Labute approximate surface area is 109 Å². The predicted octanol–water partition coefficient (Wildman–Crippen LogP) is -0.279. The predicted molar refractivity (Wildman–Crippen MR) is 63.9 cm³/mol. The summed E-state index contributed by atoms with van der Waals surface area (Å²) in [6, 6.07) is 0. The molecule has 0 aromatic carbocycles. The molecule has 0 aromatic rings. The molecular weight excluding hydrogens is 252 g/mol. The van der Waals surface area contributed by atoms with Crippen LogP contribution in [0.15, 0.2) is 12.2 Å². The molecule has 19 heavy (non-hydrogen) atoms. The molecule has 4 atom stereocenters. The summed E-state index contributed by atoms with van der Waals surface area (Å²) in [5.74, 6) is -2.51. The highest BCUT2D eigenvalue weighted by Gasteiger charge is 2.51. The minimum absolute atomic E-state index is 0.0110. The molecule has 1 saturated carbocycles. The zero-order chi connectivity index (χ0) is 14.0. The number of carboxylic acid groups (broad SMARTS) is 1. The lowest BCUT2D eigenvalue weighted by molar-refractivity contribution is -0.147. The lowest BCUT2D eigenvalue weighted by Gasteiger charge is -2.23. The van der Waals surface area contributed by atoms with Crippen LogP contribution in [0.25, 0.3) is 0 Å². The van der Waals surface area contributed by atoms with Crippen molar-refractivity contribution in [3.05, 3.63) is 12.2 Å². The van der Waals surface area contributed by atoms with E-state index in [4.69, 9.17) is 5.73 Å². The summed E-state index contributed by atoms with van der Waals surface area (Å²) in [7, 11) is 0. The van der Waals surface area contributed by atoms with Crippen LogP contribution in [0.4, 0.5) is 4.79 Å². The molecule has 7 nitrogen and oxygen atoms in total. The molecular formula is C12H16N2O5. The van der Waals surface area contributed by atoms with E-state index in [2.05, 4.69) is 10.1 Å². The van der Waals surface area contributed by atoms with Gasteiger partial charge in [-0.15, -0.1) is 0 Å². The van der Waals surface area contributed by atoms with Crippen LogP contribution in [-0.2, 0) is 14.3 Å². The Morgan fingerprint density at radius 1 is 1.26 bits per heavy atom. The van der Waals surface area contributed by atoms with E-state index in [9.17, 15) is 19.5 Å². The highest BCUT2D eigenvalue weighted by molar-refractivity contribution is 5.86. The molecule has 1 fully saturated rings. The van der Waals surface area contributed by atoms with E-state index in [1.54, 1.807) is 0 Å². The smallest absolute Gasteiger partial charge is 0.404 e. The number of carbonyl (C=O) groups is 3. The average Bonchev–Trinajstić information content (AvgIpc) is 2.93. The number of hydrogen-bond acceptors (Lipinski definition) is 4. The first-order valence-corrected chi connectivity index (χ1v) is 6.11. The SMILES string of the molecule is NC(=O)OCCNC(=O)C1C2C=CC(C2)C1C(=O)O. The number of fused-ring (bicyclic) bond motifs is 2. The van der Waals surface area contributed by atoms with E-state index in [0.29, 0.717) is 6.42 Å². The molecule has 0 aliphatic heterocycles. The second kappa shape index (κ2) is 5.29. The number of nitrogens with one attached hydrogen (secondary N) is 1. The van der Waals surface area contributed by atoms with E-state index in [0.717, 1.165) is 0 Å². The van der Waals surface area contributed by atoms with Crippen molar-refractivity contribution in [2.24, 2.45) is 29.4 Å². The van der Waals surface area contributed by atoms with Gasteiger partial charge in [-0.2, -0.15) is 0 Å². The monoisotopic (exact) mass is 268 g/mol. The molecule has 2 aliphatic rings. The van der Waals surface area contributed by atoms with E-state index in [1.807, 2.05) is 12.2 Å². The van der Waals surface area contributed by atoms with Crippen molar-refractivity contribution >= 4 is 18.0 Å². The Morgan fingerprint density at radius 3 is 2.47 bits per heavy atom. The summed E-state index contributed by atoms with van der Waals surface area (Å²) in [6.45, 7) is 0.112. The van der Waals surface area contributed by atoms with E-state index < -0.39 is 23.9 Å². The van der Waals surface area contributed by atoms with E-state index >= 15 is 0 Å². The van der Waals surface area contributed by atoms with Gasteiger partial charge in [-0.25, -0.2) is 4.79 Å². The zero-order valence-corrected chi connectivity index (χ0v) is 10.2. The van der Waals surface area contributed by atoms with Crippen molar-refractivity contribution in [1.82, 2.24) is 5.32 Å². The van der Waals surface area contributed by atoms with Crippen molar-refractivity contribution in [3.63, 3.8) is 0 Å². The van der Waals surface area contributed by atoms with Crippen molar-refractivity contribution in [1.29, 1.82) is 0 Å². The summed E-state index contributed by atoms with van der Waals surface area (Å²) in [5, 5.41) is 11.8. The third-order valence-corrected chi connectivity index (χ3v) is 3.69. The van der Waals surface area contributed by atoms with Gasteiger partial charge in [0.2, 0.25) is 5.91 Å². The molecule has 7 heteroatoms. The fourth-order valence-corrected chi connectivity index (χ4v) is 2.96. The molecule has 2 bridgehead atoms. The molecule has 0 saturated heterocycles. The van der Waals surface area contributed by atoms with Crippen LogP contribution in [0.2, 0.25) is 0 Å². The highest BCUT2D eigenvalue weighted by atomic mass is 16.5. The van der Waals surface area contributed by atoms with Crippen LogP contribution < -0.4 is 11.1 Å². The standard InChI is InChI=1S/C12H16N2O5/c13-12(18)19-4-3-14-10(15)8-6-1-2-7(5-6)9(8)11(16)17/h1-2,6-9H,3-5H2,(H2,13,18)(H,14,15)(H,16,17). The number of rotatable bonds is 5. The van der Waals surface area contributed by atoms with Crippen molar-refractivity contribution < 1.29 is 24.2 Å². The summed E-state index contributed by atoms with van der Waals surface area (Å²) < 4.78 is 4.48. The maximum absolute atomic E-state index is 12.0. The van der Waals surface area contributed by atoms with Crippen molar-refractivity contribution in [3.8, 4) is 0 Å². The van der Waals surface area contributed by atoms with Gasteiger partial charge < -0.3 is 20.9 Å². The number of aliphatic carboxylic acids is 1. The number of hydrogen-bond donors (Lipinski definition) is 3. The molecule has 104 valence electrons. The van der Waals surface area contributed by atoms with Crippen LogP contribution >= 0.6 is 0 Å². The minimum Gasteiger partial charge on any atom is -0.481 e. The van der Waals surface area contributed by atoms with E-state index in [-0.39, 0.29) is 30.9 Å². The lowest BCUT2D eigenvalue weighted by atomic mass is 9.82. The number of ether oxygens (including phenoxy) is 1. The number of carboxylic acids is 1. The second-order valence-electron chi connectivity index (χ2n) is 4.80. The van der Waals surface area contributed by atoms with Gasteiger partial charge >= 0.3 is 12.1 Å². The quantitative estimate of drug-likeness (QED) is 0.468. The molecule has 4 unspecified atom stereocenters. The Morgan fingerprint density at radius 2 is 1.89 bits per heavy atom. The van der Waals surface area contributed by atoms with Gasteiger partial charge in [0, 0.05) is 0 Å². The Balaban J connectivity index is 1.89. The fourth-order valence-electron chi connectivity index (χ4n) is 2.96. The molecule has 0 spiro atoms. The third kappa shape index (κ3) is 2.69. The first-order chi connectivity index (χ1) is 9.00. The zero-order valence-electron chi connectivity index (χ0n) is 10.2. The largest absolute Gasteiger partial charge is 0.481 e. The van der Waals surface area contributed by atoms with Crippen molar-refractivity contribution in [2.45, 2.75) is 6.42 Å². The van der Waals surface area contributed by atoms with Crippen LogP contribution in [-0.4, -0.2) is 36.2 Å². The second-order valence-corrected chi connectivity index (χ2v) is 4.80. The minimum atomic E-state index is -0.939. The Bertz CT molecular complexity index is 434. The molecule has 2 aliphatic carbocycles. The summed E-state index contributed by atoms with van der Waals surface area (Å²) in [5.41, 5.74) is 4.78.